The van der Waals surface area contributed by atoms with Gasteiger partial charge in [0.2, 0.25) is 0 Å². The van der Waals surface area contributed by atoms with Crippen molar-refractivity contribution < 1.29 is 0 Å². The number of H-pyrrole nitrogens is 1. The van der Waals surface area contributed by atoms with Gasteiger partial charge < -0.3 is 10.4 Å². The van der Waals surface area contributed by atoms with Gasteiger partial charge in [-0.15, -0.1) is 0 Å². The molecule has 0 fully saturated rings. The molecule has 29 heavy (non-hydrogen) atoms. The fourth-order valence-electron chi connectivity index (χ4n) is 3.86. The van der Waals surface area contributed by atoms with Crippen molar-refractivity contribution in [3.8, 4) is 0 Å². The number of hydrogen-bond acceptors (Lipinski definition) is 1. The summed E-state index contributed by atoms with van der Waals surface area (Å²) in [7, 11) is 0. The van der Waals surface area contributed by atoms with Crippen molar-refractivity contribution in [2.45, 2.75) is 25.2 Å². The molecule has 1 atom stereocenters. The molecule has 4 rings (SSSR count). The summed E-state index contributed by atoms with van der Waals surface area (Å²) in [5.41, 5.74) is 5.22. The lowest BCUT2D eigenvalue weighted by Crippen LogP contribution is -2.24. The molecule has 2 nitrogen and oxygen atoms in total. The van der Waals surface area contributed by atoms with E-state index < -0.39 is 0 Å². The summed E-state index contributed by atoms with van der Waals surface area (Å²) >= 11 is 0. The molecule has 4 aromatic rings. The predicted octanol–water partition coefficient (Wildman–Crippen LogP) is 6.79. The fraction of sp³-hybridized carbons (Fsp3) is 0.148. The Bertz CT molecular complexity index is 1120. The number of fused-ring (bicyclic) bond motifs is 1. The van der Waals surface area contributed by atoms with Crippen molar-refractivity contribution in [3.05, 3.63) is 114 Å². The van der Waals surface area contributed by atoms with Gasteiger partial charge in [-0.3, -0.25) is 0 Å². The average molecular weight is 379 g/mol. The second-order valence-electron chi connectivity index (χ2n) is 7.88. The second-order valence-corrected chi connectivity index (χ2v) is 7.88. The summed E-state index contributed by atoms with van der Waals surface area (Å²) in [6.07, 6.45) is 7.78. The molecule has 3 aromatic carbocycles. The molecule has 0 aliphatic rings. The van der Waals surface area contributed by atoms with E-state index in [0.717, 1.165) is 11.2 Å². The van der Waals surface area contributed by atoms with Gasteiger partial charge in [0.25, 0.3) is 0 Å². The van der Waals surface area contributed by atoms with E-state index in [4.69, 9.17) is 5.41 Å². The van der Waals surface area contributed by atoms with Crippen LogP contribution < -0.4 is 0 Å². The van der Waals surface area contributed by atoms with E-state index in [1.807, 2.05) is 30.5 Å². The maximum absolute atomic E-state index is 8.71. The largest absolute Gasteiger partial charge is 0.361 e. The quantitative estimate of drug-likeness (QED) is 0.332. The highest BCUT2D eigenvalue weighted by Crippen LogP contribution is 2.33. The van der Waals surface area contributed by atoms with Crippen molar-refractivity contribution in [1.29, 1.82) is 5.41 Å². The Balaban J connectivity index is 1.65. The van der Waals surface area contributed by atoms with Gasteiger partial charge in [-0.1, -0.05) is 85.8 Å². The standard InChI is InChI=1S/C27H26N2/c1-27(16-14-21-8-4-2-5-9-21,20-25(28)18-22-10-6-3-7-11-22)24-12-13-26-23(19-24)15-17-29-26/h2-17,19,28-29H,18,20H2,1H3. The van der Waals surface area contributed by atoms with Crippen LogP contribution >= 0.6 is 0 Å². The number of allylic oxidation sites excluding steroid dienone is 1. The highest BCUT2D eigenvalue weighted by Gasteiger charge is 2.26. The molecule has 0 aliphatic carbocycles. The van der Waals surface area contributed by atoms with Crippen LogP contribution in [0.1, 0.15) is 30.0 Å². The lowest BCUT2D eigenvalue weighted by Gasteiger charge is -2.28. The zero-order valence-electron chi connectivity index (χ0n) is 16.7. The van der Waals surface area contributed by atoms with Crippen molar-refractivity contribution >= 4 is 22.7 Å². The van der Waals surface area contributed by atoms with E-state index in [2.05, 4.69) is 84.7 Å². The van der Waals surface area contributed by atoms with Crippen LogP contribution in [-0.4, -0.2) is 10.7 Å². The molecular formula is C27H26N2. The lowest BCUT2D eigenvalue weighted by atomic mass is 9.76. The Hall–Kier alpha value is -3.39. The predicted molar refractivity (Wildman–Crippen MR) is 124 cm³/mol. The van der Waals surface area contributed by atoms with Crippen molar-refractivity contribution in [1.82, 2.24) is 4.98 Å². The van der Waals surface area contributed by atoms with Gasteiger partial charge in [0, 0.05) is 29.3 Å². The van der Waals surface area contributed by atoms with E-state index in [-0.39, 0.29) is 5.41 Å². The highest BCUT2D eigenvalue weighted by molar-refractivity contribution is 5.86. The van der Waals surface area contributed by atoms with Crippen molar-refractivity contribution in [2.75, 3.05) is 0 Å². The first-order valence-electron chi connectivity index (χ1n) is 10.0. The van der Waals surface area contributed by atoms with Crippen LogP contribution in [0.2, 0.25) is 0 Å². The normalized spacial score (nSPS) is 13.6. The Morgan fingerprint density at radius 3 is 2.41 bits per heavy atom. The molecule has 144 valence electrons. The van der Waals surface area contributed by atoms with E-state index in [1.54, 1.807) is 0 Å². The first kappa shape index (κ1) is 18.9. The summed E-state index contributed by atoms with van der Waals surface area (Å²) < 4.78 is 0. The van der Waals surface area contributed by atoms with E-state index in [0.29, 0.717) is 12.8 Å². The molecule has 1 aromatic heterocycles. The minimum atomic E-state index is -0.257. The smallest absolute Gasteiger partial charge is 0.0454 e. The fourth-order valence-corrected chi connectivity index (χ4v) is 3.86. The zero-order chi connectivity index (χ0) is 20.1. The Morgan fingerprint density at radius 1 is 0.931 bits per heavy atom. The van der Waals surface area contributed by atoms with Crippen LogP contribution in [0.25, 0.3) is 17.0 Å². The zero-order valence-corrected chi connectivity index (χ0v) is 16.7. The summed E-state index contributed by atoms with van der Waals surface area (Å²) in [5.74, 6) is 0. The first-order valence-corrected chi connectivity index (χ1v) is 10.0. The summed E-state index contributed by atoms with van der Waals surface area (Å²) in [5, 5.41) is 9.91. The van der Waals surface area contributed by atoms with E-state index in [9.17, 15) is 0 Å². The van der Waals surface area contributed by atoms with Crippen LogP contribution in [0.5, 0.6) is 0 Å². The Kier molecular flexibility index (Phi) is 5.44. The maximum Gasteiger partial charge on any atom is 0.0454 e. The summed E-state index contributed by atoms with van der Waals surface area (Å²) in [6, 6.07) is 29.3. The molecule has 0 bridgehead atoms. The van der Waals surface area contributed by atoms with Gasteiger partial charge in [0.1, 0.15) is 0 Å². The van der Waals surface area contributed by atoms with Gasteiger partial charge in [-0.2, -0.15) is 0 Å². The van der Waals surface area contributed by atoms with Crippen LogP contribution in [0.3, 0.4) is 0 Å². The lowest BCUT2D eigenvalue weighted by molar-refractivity contribution is 0.621. The molecule has 2 N–H and O–H groups in total. The molecule has 0 aliphatic heterocycles. The van der Waals surface area contributed by atoms with Crippen LogP contribution in [0, 0.1) is 5.41 Å². The molecule has 2 heteroatoms. The minimum absolute atomic E-state index is 0.257. The third-order valence-electron chi connectivity index (χ3n) is 5.50. The Labute approximate surface area is 172 Å². The van der Waals surface area contributed by atoms with E-state index in [1.165, 1.54) is 22.1 Å². The van der Waals surface area contributed by atoms with Gasteiger partial charge in [-0.25, -0.2) is 0 Å². The number of benzene rings is 3. The number of rotatable bonds is 7. The van der Waals surface area contributed by atoms with E-state index >= 15 is 0 Å². The average Bonchev–Trinajstić information content (AvgIpc) is 3.22. The molecule has 0 saturated heterocycles. The summed E-state index contributed by atoms with van der Waals surface area (Å²) in [4.78, 5) is 3.27. The van der Waals surface area contributed by atoms with Crippen LogP contribution in [-0.2, 0) is 11.8 Å². The Morgan fingerprint density at radius 2 is 1.66 bits per heavy atom. The van der Waals surface area contributed by atoms with Crippen molar-refractivity contribution in [3.63, 3.8) is 0 Å². The summed E-state index contributed by atoms with van der Waals surface area (Å²) in [6.45, 7) is 2.24. The third kappa shape index (κ3) is 4.55. The SMILES string of the molecule is CC(C=Cc1ccccc1)(CC(=N)Cc1ccccc1)c1ccc2[nH]ccc2c1. The number of nitrogens with one attached hydrogen (secondary N) is 2. The number of aromatic nitrogens is 1. The second kappa shape index (κ2) is 8.32. The minimum Gasteiger partial charge on any atom is -0.361 e. The third-order valence-corrected chi connectivity index (χ3v) is 5.50. The maximum atomic E-state index is 8.71. The molecule has 0 radical (unpaired) electrons. The number of hydrogen-bond donors (Lipinski definition) is 2. The monoisotopic (exact) mass is 378 g/mol. The van der Waals surface area contributed by atoms with Gasteiger partial charge in [0.15, 0.2) is 0 Å². The van der Waals surface area contributed by atoms with Crippen LogP contribution in [0.4, 0.5) is 0 Å². The molecule has 0 spiro atoms. The van der Waals surface area contributed by atoms with Gasteiger partial charge in [0.05, 0.1) is 0 Å². The first-order chi connectivity index (χ1) is 14.1. The molecule has 0 saturated carbocycles. The topological polar surface area (TPSA) is 39.6 Å². The molecular weight excluding hydrogens is 352 g/mol. The van der Waals surface area contributed by atoms with Gasteiger partial charge in [-0.05, 0) is 46.7 Å². The molecule has 0 amide bonds. The highest BCUT2D eigenvalue weighted by atomic mass is 14.7. The van der Waals surface area contributed by atoms with Crippen molar-refractivity contribution in [2.24, 2.45) is 0 Å². The number of aromatic amines is 1. The molecule has 1 unspecified atom stereocenters. The van der Waals surface area contributed by atoms with Crippen LogP contribution in [0.15, 0.2) is 97.2 Å². The van der Waals surface area contributed by atoms with Gasteiger partial charge >= 0.3 is 0 Å². The molecule has 1 heterocycles.